The third kappa shape index (κ3) is 1.89. The van der Waals surface area contributed by atoms with Crippen molar-refractivity contribution in [2.75, 3.05) is 13.1 Å². The molecule has 0 saturated heterocycles. The van der Waals surface area contributed by atoms with E-state index in [9.17, 15) is 4.79 Å². The summed E-state index contributed by atoms with van der Waals surface area (Å²) in [6.07, 6.45) is 7.69. The summed E-state index contributed by atoms with van der Waals surface area (Å²) in [5.41, 5.74) is 0. The maximum Gasteiger partial charge on any atom is 0.262 e. The van der Waals surface area contributed by atoms with Gasteiger partial charge in [-0.15, -0.1) is 0 Å². The van der Waals surface area contributed by atoms with Gasteiger partial charge < -0.3 is 4.90 Å². The van der Waals surface area contributed by atoms with E-state index in [-0.39, 0.29) is 5.91 Å². The summed E-state index contributed by atoms with van der Waals surface area (Å²) in [6.45, 7) is 0.662. The van der Waals surface area contributed by atoms with E-state index >= 15 is 0 Å². The lowest BCUT2D eigenvalue weighted by Gasteiger charge is -2.30. The molecule has 0 aromatic heterocycles. The Hall–Kier alpha value is -2.09. The zero-order valence-corrected chi connectivity index (χ0v) is 8.13. The van der Waals surface area contributed by atoms with Gasteiger partial charge in [-0.05, 0) is 12.2 Å². The number of fused-ring (bicyclic) bond motifs is 1. The first kappa shape index (κ1) is 9.46. The van der Waals surface area contributed by atoms with E-state index in [0.717, 1.165) is 5.84 Å². The van der Waals surface area contributed by atoms with E-state index in [0.29, 0.717) is 19.5 Å². The van der Waals surface area contributed by atoms with Crippen LogP contribution in [0.4, 0.5) is 0 Å². The largest absolute Gasteiger partial charge is 0.322 e. The number of nitrogens with zero attached hydrogens (tertiary/aromatic N) is 4. The highest BCUT2D eigenvalue weighted by molar-refractivity contribution is 6.00. The van der Waals surface area contributed by atoms with Crippen molar-refractivity contribution in [1.82, 2.24) is 9.91 Å². The molecule has 0 radical (unpaired) electrons. The Bertz CT molecular complexity index is 402. The Morgan fingerprint density at radius 2 is 2.40 bits per heavy atom. The summed E-state index contributed by atoms with van der Waals surface area (Å²) >= 11 is 0. The van der Waals surface area contributed by atoms with Crippen LogP contribution in [0, 0.1) is 11.3 Å². The van der Waals surface area contributed by atoms with Gasteiger partial charge in [-0.25, -0.2) is 5.01 Å². The number of hydrazone groups is 1. The molecule has 5 nitrogen and oxygen atoms in total. The van der Waals surface area contributed by atoms with Gasteiger partial charge in [0.15, 0.2) is 5.84 Å². The van der Waals surface area contributed by atoms with Crippen LogP contribution in [0.15, 0.2) is 29.5 Å². The fourth-order valence-corrected chi connectivity index (χ4v) is 1.43. The Labute approximate surface area is 87.6 Å². The number of allylic oxidation sites excluding steroid dienone is 2. The highest BCUT2D eigenvalue weighted by atomic mass is 16.2. The minimum atomic E-state index is -0.0750. The molecule has 0 aromatic rings. The van der Waals surface area contributed by atoms with Gasteiger partial charge in [-0.2, -0.15) is 10.4 Å². The lowest BCUT2D eigenvalue weighted by Crippen LogP contribution is -2.45. The first-order valence-electron chi connectivity index (χ1n) is 4.68. The van der Waals surface area contributed by atoms with Gasteiger partial charge in [-0.1, -0.05) is 6.08 Å². The number of hydrogen-bond donors (Lipinski definition) is 0. The van der Waals surface area contributed by atoms with E-state index in [1.54, 1.807) is 4.90 Å². The number of nitriles is 1. The summed E-state index contributed by atoms with van der Waals surface area (Å²) in [4.78, 5) is 13.3. The fourth-order valence-electron chi connectivity index (χ4n) is 1.43. The number of carbonyl (C=O) groups excluding carboxylic acids is 1. The molecule has 0 aliphatic carbocycles. The molecule has 2 aliphatic rings. The number of hydrogen-bond acceptors (Lipinski definition) is 4. The van der Waals surface area contributed by atoms with Crippen LogP contribution in [0.5, 0.6) is 0 Å². The first-order chi connectivity index (χ1) is 7.31. The molecule has 0 aromatic carbocycles. The molecule has 0 bridgehead atoms. The van der Waals surface area contributed by atoms with E-state index in [4.69, 9.17) is 5.26 Å². The van der Waals surface area contributed by atoms with Gasteiger partial charge in [-0.3, -0.25) is 4.79 Å². The maximum absolute atomic E-state index is 11.6. The van der Waals surface area contributed by atoms with Crippen LogP contribution in [-0.2, 0) is 4.79 Å². The van der Waals surface area contributed by atoms with E-state index in [1.807, 2.05) is 30.5 Å². The van der Waals surface area contributed by atoms with Crippen LogP contribution in [0.2, 0.25) is 0 Å². The smallest absolute Gasteiger partial charge is 0.262 e. The molecule has 2 aliphatic heterocycles. The van der Waals surface area contributed by atoms with E-state index in [2.05, 4.69) is 5.10 Å². The van der Waals surface area contributed by atoms with Crippen LogP contribution in [0.1, 0.15) is 6.42 Å². The van der Waals surface area contributed by atoms with Crippen LogP contribution in [0.3, 0.4) is 0 Å². The van der Waals surface area contributed by atoms with Gasteiger partial charge in [0.2, 0.25) is 0 Å². The van der Waals surface area contributed by atoms with Crippen molar-refractivity contribution in [2.24, 2.45) is 5.10 Å². The lowest BCUT2D eigenvalue weighted by molar-refractivity contribution is -0.132. The summed E-state index contributed by atoms with van der Waals surface area (Å²) in [5, 5.41) is 14.0. The lowest BCUT2D eigenvalue weighted by atomic mass is 10.3. The van der Waals surface area contributed by atoms with Gasteiger partial charge >= 0.3 is 0 Å². The average Bonchev–Trinajstić information content (AvgIpc) is 2.26. The Kier molecular flexibility index (Phi) is 2.50. The number of rotatable bonds is 2. The van der Waals surface area contributed by atoms with Gasteiger partial charge in [0.05, 0.1) is 19.0 Å². The zero-order valence-electron chi connectivity index (χ0n) is 8.13. The molecule has 0 fully saturated rings. The predicted molar refractivity (Wildman–Crippen MR) is 54.4 cm³/mol. The molecular weight excluding hydrogens is 192 g/mol. The number of amides is 1. The van der Waals surface area contributed by atoms with Crippen LogP contribution in [0.25, 0.3) is 0 Å². The van der Waals surface area contributed by atoms with Crippen molar-refractivity contribution in [3.63, 3.8) is 0 Å². The standard InChI is InChI=1S/C10H10N4O/c11-5-3-7-14-10(15)8-13-6-2-1-4-9(13)12-14/h1-2,4,6H,3,7-8H2. The quantitative estimate of drug-likeness (QED) is 0.652. The van der Waals surface area contributed by atoms with Crippen molar-refractivity contribution in [3.8, 4) is 6.07 Å². The van der Waals surface area contributed by atoms with Crippen molar-refractivity contribution >= 4 is 11.7 Å². The van der Waals surface area contributed by atoms with Crippen molar-refractivity contribution < 1.29 is 4.79 Å². The molecule has 76 valence electrons. The van der Waals surface area contributed by atoms with Crippen molar-refractivity contribution in [3.05, 3.63) is 24.4 Å². The highest BCUT2D eigenvalue weighted by Crippen LogP contribution is 2.11. The Balaban J connectivity index is 2.15. The normalized spacial score (nSPS) is 18.6. The molecule has 5 heteroatoms. The molecule has 0 N–H and O–H groups in total. The minimum absolute atomic E-state index is 0.0750. The molecule has 1 amide bonds. The van der Waals surface area contributed by atoms with E-state index in [1.165, 1.54) is 5.01 Å². The molecule has 0 spiro atoms. The van der Waals surface area contributed by atoms with E-state index < -0.39 is 0 Å². The monoisotopic (exact) mass is 202 g/mol. The molecule has 2 heterocycles. The second kappa shape index (κ2) is 3.96. The van der Waals surface area contributed by atoms with Crippen molar-refractivity contribution in [1.29, 1.82) is 5.26 Å². The summed E-state index contributed by atoms with van der Waals surface area (Å²) in [5.74, 6) is 0.670. The first-order valence-corrected chi connectivity index (χ1v) is 4.68. The average molecular weight is 202 g/mol. The second-order valence-electron chi connectivity index (χ2n) is 3.21. The van der Waals surface area contributed by atoms with Crippen LogP contribution < -0.4 is 0 Å². The molecule has 0 saturated carbocycles. The van der Waals surface area contributed by atoms with Crippen LogP contribution in [-0.4, -0.2) is 34.7 Å². The second-order valence-corrected chi connectivity index (χ2v) is 3.21. The molecular formula is C10H10N4O. The minimum Gasteiger partial charge on any atom is -0.322 e. The molecule has 2 rings (SSSR count). The predicted octanol–water partition coefficient (Wildman–Crippen LogP) is 0.441. The molecule has 0 unspecified atom stereocenters. The summed E-state index contributed by atoms with van der Waals surface area (Å²) < 4.78 is 0. The highest BCUT2D eigenvalue weighted by Gasteiger charge is 2.24. The van der Waals surface area contributed by atoms with Crippen molar-refractivity contribution in [2.45, 2.75) is 6.42 Å². The van der Waals surface area contributed by atoms with Crippen LogP contribution >= 0.6 is 0 Å². The SMILES string of the molecule is N#CCCN1N=C2C=CC=CN2CC1=O. The Morgan fingerprint density at radius 3 is 3.20 bits per heavy atom. The molecule has 15 heavy (non-hydrogen) atoms. The third-order valence-electron chi connectivity index (χ3n) is 2.17. The maximum atomic E-state index is 11.6. The zero-order chi connectivity index (χ0) is 10.7. The molecule has 0 atom stereocenters. The number of carbonyl (C=O) groups is 1. The Morgan fingerprint density at radius 1 is 1.53 bits per heavy atom. The summed E-state index contributed by atoms with van der Waals surface area (Å²) in [6, 6.07) is 2.00. The fraction of sp³-hybridized carbons (Fsp3) is 0.300. The topological polar surface area (TPSA) is 59.7 Å². The third-order valence-corrected chi connectivity index (χ3v) is 2.17. The van der Waals surface area contributed by atoms with Gasteiger partial charge in [0, 0.05) is 6.20 Å². The number of amidine groups is 1. The summed E-state index contributed by atoms with van der Waals surface area (Å²) in [7, 11) is 0. The van der Waals surface area contributed by atoms with Gasteiger partial charge in [0.1, 0.15) is 6.54 Å². The van der Waals surface area contributed by atoms with Gasteiger partial charge in [0.25, 0.3) is 5.91 Å².